The van der Waals surface area contributed by atoms with Gasteiger partial charge in [-0.05, 0) is 37.3 Å². The Morgan fingerprint density at radius 3 is 2.56 bits per heavy atom. The van der Waals surface area contributed by atoms with Crippen molar-refractivity contribution in [3.05, 3.63) is 17.7 Å². The third-order valence-corrected chi connectivity index (χ3v) is 3.50. The predicted octanol–water partition coefficient (Wildman–Crippen LogP) is 3.84. The standard InChI is InChI=1S/C14H21NO2.ClH/c1-2-17-14-9-13(16)12(15)8-11(14)10-6-4-3-5-7-10;/h8-10,16H,2-7,15H2,1H3;1H. The number of rotatable bonds is 3. The Hall–Kier alpha value is -1.09. The normalized spacial score (nSPS) is 16.1. The van der Waals surface area contributed by atoms with E-state index < -0.39 is 0 Å². The zero-order valence-electron chi connectivity index (χ0n) is 10.8. The monoisotopic (exact) mass is 271 g/mol. The third kappa shape index (κ3) is 3.22. The lowest BCUT2D eigenvalue weighted by molar-refractivity contribution is 0.326. The van der Waals surface area contributed by atoms with Crippen LogP contribution in [0.15, 0.2) is 12.1 Å². The molecule has 3 N–H and O–H groups in total. The van der Waals surface area contributed by atoms with Gasteiger partial charge in [-0.2, -0.15) is 0 Å². The lowest BCUT2D eigenvalue weighted by Gasteiger charge is -2.24. The molecular formula is C14H22ClNO2. The molecule has 1 saturated carbocycles. The lowest BCUT2D eigenvalue weighted by atomic mass is 9.83. The molecule has 0 aliphatic heterocycles. The fourth-order valence-electron chi connectivity index (χ4n) is 2.62. The molecule has 1 aromatic rings. The number of nitrogen functional groups attached to an aromatic ring is 1. The molecule has 0 heterocycles. The number of aromatic hydroxyl groups is 1. The molecule has 1 aliphatic rings. The minimum absolute atomic E-state index is 0. The number of ether oxygens (including phenoxy) is 1. The minimum atomic E-state index is 0. The molecule has 18 heavy (non-hydrogen) atoms. The number of benzene rings is 1. The van der Waals surface area contributed by atoms with Gasteiger partial charge in [-0.15, -0.1) is 12.4 Å². The molecule has 1 aliphatic carbocycles. The van der Waals surface area contributed by atoms with Gasteiger partial charge < -0.3 is 15.6 Å². The second-order valence-electron chi connectivity index (χ2n) is 4.72. The van der Waals surface area contributed by atoms with Gasteiger partial charge in [-0.3, -0.25) is 0 Å². The fraction of sp³-hybridized carbons (Fsp3) is 0.571. The molecule has 0 unspecified atom stereocenters. The summed E-state index contributed by atoms with van der Waals surface area (Å²) in [6.07, 6.45) is 6.27. The molecule has 0 amide bonds. The molecule has 0 aromatic heterocycles. The molecule has 0 saturated heterocycles. The summed E-state index contributed by atoms with van der Waals surface area (Å²) in [5.41, 5.74) is 7.41. The van der Waals surface area contributed by atoms with Gasteiger partial charge in [0.05, 0.1) is 12.3 Å². The summed E-state index contributed by atoms with van der Waals surface area (Å²) in [5.74, 6) is 1.45. The van der Waals surface area contributed by atoms with Gasteiger partial charge in [0, 0.05) is 6.07 Å². The van der Waals surface area contributed by atoms with Gasteiger partial charge in [0.1, 0.15) is 11.5 Å². The number of hydrogen-bond acceptors (Lipinski definition) is 3. The molecule has 4 heteroatoms. The highest BCUT2D eigenvalue weighted by atomic mass is 35.5. The molecule has 1 fully saturated rings. The number of anilines is 1. The SMILES string of the molecule is CCOc1cc(O)c(N)cc1C1CCCCC1.Cl. The highest BCUT2D eigenvalue weighted by Gasteiger charge is 2.20. The molecule has 0 spiro atoms. The Morgan fingerprint density at radius 1 is 1.28 bits per heavy atom. The highest BCUT2D eigenvalue weighted by Crippen LogP contribution is 2.41. The quantitative estimate of drug-likeness (QED) is 0.649. The average molecular weight is 272 g/mol. The number of hydrogen-bond donors (Lipinski definition) is 2. The topological polar surface area (TPSA) is 55.5 Å². The molecule has 0 bridgehead atoms. The van der Waals surface area contributed by atoms with Crippen LogP contribution < -0.4 is 10.5 Å². The van der Waals surface area contributed by atoms with Crippen LogP contribution >= 0.6 is 12.4 Å². The molecule has 0 atom stereocenters. The summed E-state index contributed by atoms with van der Waals surface area (Å²) in [6, 6.07) is 3.54. The summed E-state index contributed by atoms with van der Waals surface area (Å²) in [4.78, 5) is 0. The van der Waals surface area contributed by atoms with Crippen LogP contribution in [0.3, 0.4) is 0 Å². The van der Waals surface area contributed by atoms with Crippen LogP contribution in [0, 0.1) is 0 Å². The number of nitrogens with two attached hydrogens (primary N) is 1. The predicted molar refractivity (Wildman–Crippen MR) is 76.8 cm³/mol. The number of phenols is 1. The Kier molecular flexibility index (Phi) is 5.60. The van der Waals surface area contributed by atoms with Crippen LogP contribution in [-0.2, 0) is 0 Å². The van der Waals surface area contributed by atoms with E-state index in [4.69, 9.17) is 10.5 Å². The van der Waals surface area contributed by atoms with E-state index in [9.17, 15) is 5.11 Å². The molecule has 2 rings (SSSR count). The maximum absolute atomic E-state index is 9.64. The number of phenolic OH excluding ortho intramolecular Hbond substituents is 1. The first-order valence-electron chi connectivity index (χ1n) is 6.47. The van der Waals surface area contributed by atoms with E-state index in [1.807, 2.05) is 13.0 Å². The first kappa shape index (κ1) is 15.0. The summed E-state index contributed by atoms with van der Waals surface area (Å²) < 4.78 is 5.61. The summed E-state index contributed by atoms with van der Waals surface area (Å²) in [5, 5.41) is 9.64. The molecule has 0 radical (unpaired) electrons. The summed E-state index contributed by atoms with van der Waals surface area (Å²) in [6.45, 7) is 2.57. The Bertz CT molecular complexity index is 390. The van der Waals surface area contributed by atoms with E-state index in [0.717, 1.165) is 5.75 Å². The van der Waals surface area contributed by atoms with Gasteiger partial charge in [0.25, 0.3) is 0 Å². The third-order valence-electron chi connectivity index (χ3n) is 3.50. The van der Waals surface area contributed by atoms with Crippen LogP contribution in [0.4, 0.5) is 5.69 Å². The van der Waals surface area contributed by atoms with Crippen molar-refractivity contribution in [2.45, 2.75) is 44.9 Å². The van der Waals surface area contributed by atoms with Crippen LogP contribution in [0.25, 0.3) is 0 Å². The Labute approximate surface area is 115 Å². The van der Waals surface area contributed by atoms with Gasteiger partial charge in [0.15, 0.2) is 0 Å². The van der Waals surface area contributed by atoms with E-state index in [2.05, 4.69) is 0 Å². The number of halogens is 1. The maximum Gasteiger partial charge on any atom is 0.142 e. The van der Waals surface area contributed by atoms with Gasteiger partial charge in [-0.25, -0.2) is 0 Å². The Morgan fingerprint density at radius 2 is 1.94 bits per heavy atom. The summed E-state index contributed by atoms with van der Waals surface area (Å²) in [7, 11) is 0. The van der Waals surface area contributed by atoms with Crippen LogP contribution in [-0.4, -0.2) is 11.7 Å². The van der Waals surface area contributed by atoms with E-state index >= 15 is 0 Å². The van der Waals surface area contributed by atoms with E-state index in [1.165, 1.54) is 37.7 Å². The van der Waals surface area contributed by atoms with Gasteiger partial charge in [0.2, 0.25) is 0 Å². The van der Waals surface area contributed by atoms with E-state index in [-0.39, 0.29) is 18.2 Å². The largest absolute Gasteiger partial charge is 0.506 e. The van der Waals surface area contributed by atoms with Crippen molar-refractivity contribution in [2.75, 3.05) is 12.3 Å². The van der Waals surface area contributed by atoms with E-state index in [1.54, 1.807) is 6.07 Å². The zero-order chi connectivity index (χ0) is 12.3. The van der Waals surface area contributed by atoms with Crippen molar-refractivity contribution < 1.29 is 9.84 Å². The van der Waals surface area contributed by atoms with Crippen molar-refractivity contribution in [3.63, 3.8) is 0 Å². The lowest BCUT2D eigenvalue weighted by Crippen LogP contribution is -2.08. The van der Waals surface area contributed by atoms with Gasteiger partial charge >= 0.3 is 0 Å². The van der Waals surface area contributed by atoms with Crippen LogP contribution in [0.1, 0.15) is 50.5 Å². The minimum Gasteiger partial charge on any atom is -0.506 e. The Balaban J connectivity index is 0.00000162. The fourth-order valence-corrected chi connectivity index (χ4v) is 2.62. The second kappa shape index (κ2) is 6.74. The molecule has 3 nitrogen and oxygen atoms in total. The van der Waals surface area contributed by atoms with E-state index in [0.29, 0.717) is 18.2 Å². The van der Waals surface area contributed by atoms with Crippen molar-refractivity contribution in [1.82, 2.24) is 0 Å². The average Bonchev–Trinajstić information content (AvgIpc) is 2.35. The smallest absolute Gasteiger partial charge is 0.142 e. The molecule has 102 valence electrons. The van der Waals surface area contributed by atoms with Crippen LogP contribution in [0.2, 0.25) is 0 Å². The first-order chi connectivity index (χ1) is 8.22. The van der Waals surface area contributed by atoms with Crippen molar-refractivity contribution in [3.8, 4) is 11.5 Å². The molecular weight excluding hydrogens is 250 g/mol. The highest BCUT2D eigenvalue weighted by molar-refractivity contribution is 5.85. The van der Waals surface area contributed by atoms with Crippen LogP contribution in [0.5, 0.6) is 11.5 Å². The first-order valence-corrected chi connectivity index (χ1v) is 6.47. The van der Waals surface area contributed by atoms with Gasteiger partial charge in [-0.1, -0.05) is 19.3 Å². The second-order valence-corrected chi connectivity index (χ2v) is 4.72. The van der Waals surface area contributed by atoms with Crippen molar-refractivity contribution in [1.29, 1.82) is 0 Å². The molecule has 1 aromatic carbocycles. The van der Waals surface area contributed by atoms with Crippen molar-refractivity contribution >= 4 is 18.1 Å². The zero-order valence-corrected chi connectivity index (χ0v) is 11.6. The summed E-state index contributed by atoms with van der Waals surface area (Å²) >= 11 is 0. The maximum atomic E-state index is 9.64. The van der Waals surface area contributed by atoms with Crippen molar-refractivity contribution in [2.24, 2.45) is 0 Å².